The lowest BCUT2D eigenvalue weighted by Gasteiger charge is -2.09. The van der Waals surface area contributed by atoms with Crippen LogP contribution in [0.4, 0.5) is 5.69 Å². The normalized spacial score (nSPS) is 9.55. The Bertz CT molecular complexity index is 467. The summed E-state index contributed by atoms with van der Waals surface area (Å²) in [6, 6.07) is 5.36. The van der Waals surface area contributed by atoms with Crippen LogP contribution in [0.1, 0.15) is 12.0 Å². The average Bonchev–Trinajstić information content (AvgIpc) is 2.37. The molecule has 2 amide bonds. The van der Waals surface area contributed by atoms with Crippen molar-refractivity contribution in [3.8, 4) is 0 Å². The Morgan fingerprint density at radius 2 is 1.95 bits per heavy atom. The van der Waals surface area contributed by atoms with Crippen LogP contribution in [0.2, 0.25) is 5.02 Å². The van der Waals surface area contributed by atoms with Crippen molar-refractivity contribution >= 4 is 41.5 Å². The van der Waals surface area contributed by atoms with Crippen LogP contribution in [0.3, 0.4) is 0 Å². The van der Waals surface area contributed by atoms with Gasteiger partial charge < -0.3 is 16.0 Å². The molecule has 3 N–H and O–H groups in total. The molecule has 0 radical (unpaired) electrons. The van der Waals surface area contributed by atoms with Crippen LogP contribution in [-0.4, -0.2) is 32.0 Å². The molecule has 0 unspecified atom stereocenters. The first kappa shape index (κ1) is 18.7. The monoisotopic (exact) mass is 319 g/mol. The highest BCUT2D eigenvalue weighted by atomic mass is 35.5. The molecule has 7 heteroatoms. The van der Waals surface area contributed by atoms with Gasteiger partial charge in [-0.3, -0.25) is 9.59 Å². The van der Waals surface area contributed by atoms with Gasteiger partial charge in [0.05, 0.1) is 17.3 Å². The first-order chi connectivity index (χ1) is 9.02. The Labute approximate surface area is 129 Å². The van der Waals surface area contributed by atoms with E-state index < -0.39 is 0 Å². The number of carbonyl (C=O) groups is 2. The van der Waals surface area contributed by atoms with E-state index in [-0.39, 0.29) is 30.8 Å². The summed E-state index contributed by atoms with van der Waals surface area (Å²) < 4.78 is 0. The van der Waals surface area contributed by atoms with E-state index in [1.165, 1.54) is 0 Å². The molecule has 0 saturated heterocycles. The van der Waals surface area contributed by atoms with Crippen molar-refractivity contribution in [3.63, 3.8) is 0 Å². The number of amides is 2. The van der Waals surface area contributed by atoms with E-state index in [1.807, 2.05) is 13.0 Å². The van der Waals surface area contributed by atoms with Gasteiger partial charge in [-0.05, 0) is 31.7 Å². The number of nitrogens with one attached hydrogen (secondary N) is 3. The Hall–Kier alpha value is -1.30. The summed E-state index contributed by atoms with van der Waals surface area (Å²) in [6.07, 6.45) is 0.342. The zero-order chi connectivity index (χ0) is 14.3. The fraction of sp³-hybridized carbons (Fsp3) is 0.385. The smallest absolute Gasteiger partial charge is 0.243 e. The van der Waals surface area contributed by atoms with Crippen LogP contribution in [0.15, 0.2) is 18.2 Å². The van der Waals surface area contributed by atoms with E-state index in [9.17, 15) is 9.59 Å². The number of rotatable bonds is 6. The summed E-state index contributed by atoms with van der Waals surface area (Å²) in [4.78, 5) is 22.9. The van der Waals surface area contributed by atoms with Crippen molar-refractivity contribution in [2.75, 3.05) is 25.5 Å². The molecular formula is C13H19Cl2N3O2. The summed E-state index contributed by atoms with van der Waals surface area (Å²) in [7, 11) is 1.76. The lowest BCUT2D eigenvalue weighted by atomic mass is 10.2. The Morgan fingerprint density at radius 1 is 1.25 bits per heavy atom. The first-order valence-electron chi connectivity index (χ1n) is 6.00. The van der Waals surface area contributed by atoms with Gasteiger partial charge >= 0.3 is 0 Å². The number of carbonyl (C=O) groups excluding carboxylic acids is 2. The molecule has 1 aromatic rings. The van der Waals surface area contributed by atoms with E-state index in [4.69, 9.17) is 11.6 Å². The second-order valence-corrected chi connectivity index (χ2v) is 4.57. The van der Waals surface area contributed by atoms with Gasteiger partial charge in [0.2, 0.25) is 11.8 Å². The van der Waals surface area contributed by atoms with Crippen LogP contribution in [0.25, 0.3) is 0 Å². The SMILES string of the molecule is CNCCC(=O)NCC(=O)Nc1ccc(C)cc1Cl.Cl. The zero-order valence-electron chi connectivity index (χ0n) is 11.5. The maximum Gasteiger partial charge on any atom is 0.243 e. The zero-order valence-corrected chi connectivity index (χ0v) is 13.0. The molecule has 0 fully saturated rings. The topological polar surface area (TPSA) is 70.2 Å². The average molecular weight is 320 g/mol. The second-order valence-electron chi connectivity index (χ2n) is 4.16. The van der Waals surface area contributed by atoms with Gasteiger partial charge in [0.1, 0.15) is 0 Å². The van der Waals surface area contributed by atoms with Crippen LogP contribution in [0.5, 0.6) is 0 Å². The Kier molecular flexibility index (Phi) is 8.96. The van der Waals surface area contributed by atoms with Gasteiger partial charge in [0.15, 0.2) is 0 Å². The molecule has 1 aromatic carbocycles. The third kappa shape index (κ3) is 6.75. The van der Waals surface area contributed by atoms with Crippen LogP contribution in [-0.2, 0) is 9.59 Å². The second kappa shape index (κ2) is 9.58. The van der Waals surface area contributed by atoms with Crippen molar-refractivity contribution in [2.24, 2.45) is 0 Å². The molecule has 0 aliphatic heterocycles. The number of anilines is 1. The molecule has 0 saturated carbocycles. The molecule has 0 atom stereocenters. The maximum absolute atomic E-state index is 11.6. The van der Waals surface area contributed by atoms with Crippen molar-refractivity contribution < 1.29 is 9.59 Å². The Morgan fingerprint density at radius 3 is 2.55 bits per heavy atom. The maximum atomic E-state index is 11.6. The number of aryl methyl sites for hydroxylation is 1. The Balaban J connectivity index is 0.00000361. The summed E-state index contributed by atoms with van der Waals surface area (Å²) in [5.41, 5.74) is 1.56. The summed E-state index contributed by atoms with van der Waals surface area (Å²) in [5, 5.41) is 8.52. The fourth-order valence-electron chi connectivity index (χ4n) is 1.42. The predicted molar refractivity (Wildman–Crippen MR) is 83.6 cm³/mol. The number of hydrogen-bond acceptors (Lipinski definition) is 3. The standard InChI is InChI=1S/C13H18ClN3O2.ClH/c1-9-3-4-11(10(14)7-9)17-13(19)8-16-12(18)5-6-15-2;/h3-4,7,15H,5-6,8H2,1-2H3,(H,16,18)(H,17,19);1H. The van der Waals surface area contributed by atoms with Crippen molar-refractivity contribution in [2.45, 2.75) is 13.3 Å². The van der Waals surface area contributed by atoms with Crippen LogP contribution in [0, 0.1) is 6.92 Å². The number of hydrogen-bond donors (Lipinski definition) is 3. The minimum atomic E-state index is -0.302. The minimum absolute atomic E-state index is 0. The van der Waals surface area contributed by atoms with Crippen molar-refractivity contribution in [3.05, 3.63) is 28.8 Å². The highest BCUT2D eigenvalue weighted by molar-refractivity contribution is 6.33. The van der Waals surface area contributed by atoms with E-state index in [0.29, 0.717) is 23.7 Å². The molecule has 0 bridgehead atoms. The highest BCUT2D eigenvalue weighted by Gasteiger charge is 2.07. The summed E-state index contributed by atoms with van der Waals surface area (Å²) in [6.45, 7) is 2.43. The van der Waals surface area contributed by atoms with Gasteiger partial charge in [-0.15, -0.1) is 12.4 Å². The molecule has 0 spiro atoms. The largest absolute Gasteiger partial charge is 0.347 e. The molecular weight excluding hydrogens is 301 g/mol. The quantitative estimate of drug-likeness (QED) is 0.748. The minimum Gasteiger partial charge on any atom is -0.347 e. The third-order valence-corrected chi connectivity index (χ3v) is 2.76. The molecule has 1 rings (SSSR count). The van der Waals surface area contributed by atoms with Gasteiger partial charge in [-0.1, -0.05) is 17.7 Å². The molecule has 20 heavy (non-hydrogen) atoms. The highest BCUT2D eigenvalue weighted by Crippen LogP contribution is 2.22. The molecule has 5 nitrogen and oxygen atoms in total. The third-order valence-electron chi connectivity index (χ3n) is 2.45. The van der Waals surface area contributed by atoms with Crippen molar-refractivity contribution in [1.29, 1.82) is 0 Å². The van der Waals surface area contributed by atoms with Crippen LogP contribution < -0.4 is 16.0 Å². The molecule has 0 aliphatic carbocycles. The summed E-state index contributed by atoms with van der Waals surface area (Å²) >= 11 is 5.99. The molecule has 0 heterocycles. The van der Waals surface area contributed by atoms with E-state index in [0.717, 1.165) is 5.56 Å². The van der Waals surface area contributed by atoms with E-state index in [2.05, 4.69) is 16.0 Å². The summed E-state index contributed by atoms with van der Waals surface area (Å²) in [5.74, 6) is -0.469. The fourth-order valence-corrected chi connectivity index (χ4v) is 1.70. The van der Waals surface area contributed by atoms with Gasteiger partial charge in [-0.2, -0.15) is 0 Å². The van der Waals surface area contributed by atoms with Crippen molar-refractivity contribution in [1.82, 2.24) is 10.6 Å². The van der Waals surface area contributed by atoms with Gasteiger partial charge in [0, 0.05) is 13.0 Å². The van der Waals surface area contributed by atoms with E-state index >= 15 is 0 Å². The predicted octanol–water partition coefficient (Wildman–Crippen LogP) is 1.73. The first-order valence-corrected chi connectivity index (χ1v) is 6.38. The van der Waals surface area contributed by atoms with Gasteiger partial charge in [0.25, 0.3) is 0 Å². The molecule has 112 valence electrons. The molecule has 0 aromatic heterocycles. The number of benzene rings is 1. The molecule has 0 aliphatic rings. The number of halogens is 2. The van der Waals surface area contributed by atoms with Gasteiger partial charge in [-0.25, -0.2) is 0 Å². The van der Waals surface area contributed by atoms with E-state index in [1.54, 1.807) is 19.2 Å². The van der Waals surface area contributed by atoms with Crippen LogP contribution >= 0.6 is 24.0 Å². The lowest BCUT2D eigenvalue weighted by Crippen LogP contribution is -2.34. The lowest BCUT2D eigenvalue weighted by molar-refractivity contribution is -0.124.